The molecule has 0 fully saturated rings. The molecule has 1 rings (SSSR count). The van der Waals surface area contributed by atoms with E-state index in [-0.39, 0.29) is 0 Å². The highest BCUT2D eigenvalue weighted by molar-refractivity contribution is 5.10. The van der Waals surface area contributed by atoms with Crippen molar-refractivity contribution in [2.45, 2.75) is 59.9 Å². The molecule has 1 aromatic rings. The van der Waals surface area contributed by atoms with Gasteiger partial charge in [-0.05, 0) is 37.3 Å². The number of hydrogen-bond acceptors (Lipinski definition) is 2. The summed E-state index contributed by atoms with van der Waals surface area (Å²) >= 11 is 0. The molecule has 1 unspecified atom stereocenters. The molecular weight excluding hydrogens is 222 g/mol. The minimum absolute atomic E-state index is 0.308. The zero-order chi connectivity index (χ0) is 13.8. The van der Waals surface area contributed by atoms with Crippen molar-refractivity contribution in [1.82, 2.24) is 15.1 Å². The van der Waals surface area contributed by atoms with Crippen LogP contribution in [0.1, 0.15) is 52.4 Å². The second-order valence-corrected chi connectivity index (χ2v) is 6.12. The number of nitrogens with one attached hydrogen (secondary N) is 1. The molecule has 3 nitrogen and oxygen atoms in total. The van der Waals surface area contributed by atoms with Crippen LogP contribution in [-0.2, 0) is 19.9 Å². The standard InChI is InChI=1S/C15H29N3/c1-7-12-11-13(18(6)17-12)9-10-14(16-8-2)15(3,4)5/h11,14,16H,7-10H2,1-6H3. The first-order valence-corrected chi connectivity index (χ1v) is 7.13. The summed E-state index contributed by atoms with van der Waals surface area (Å²) in [6.07, 6.45) is 3.28. The molecular formula is C15H29N3. The van der Waals surface area contributed by atoms with Gasteiger partial charge in [0.1, 0.15) is 0 Å². The molecule has 1 heterocycles. The SMILES string of the molecule is CCNC(CCc1cc(CC)nn1C)C(C)(C)C. The summed E-state index contributed by atoms with van der Waals surface area (Å²) in [5.74, 6) is 0. The van der Waals surface area contributed by atoms with E-state index in [0.29, 0.717) is 11.5 Å². The van der Waals surface area contributed by atoms with Crippen molar-refractivity contribution < 1.29 is 0 Å². The summed E-state index contributed by atoms with van der Waals surface area (Å²) in [5.41, 5.74) is 2.85. The number of nitrogens with zero attached hydrogens (tertiary/aromatic N) is 2. The van der Waals surface area contributed by atoms with Gasteiger partial charge >= 0.3 is 0 Å². The lowest BCUT2D eigenvalue weighted by Crippen LogP contribution is -2.40. The van der Waals surface area contributed by atoms with E-state index < -0.39 is 0 Å². The molecule has 0 aliphatic carbocycles. The van der Waals surface area contributed by atoms with E-state index in [9.17, 15) is 0 Å². The van der Waals surface area contributed by atoms with Crippen LogP contribution in [0.25, 0.3) is 0 Å². The van der Waals surface area contributed by atoms with Crippen LogP contribution in [0, 0.1) is 5.41 Å². The topological polar surface area (TPSA) is 29.9 Å². The quantitative estimate of drug-likeness (QED) is 0.842. The van der Waals surface area contributed by atoms with Gasteiger partial charge in [-0.1, -0.05) is 34.6 Å². The van der Waals surface area contributed by atoms with E-state index in [2.05, 4.69) is 51.1 Å². The molecule has 0 bridgehead atoms. The van der Waals surface area contributed by atoms with Crippen LogP contribution in [0.2, 0.25) is 0 Å². The fourth-order valence-corrected chi connectivity index (χ4v) is 2.36. The van der Waals surface area contributed by atoms with Crippen LogP contribution < -0.4 is 5.32 Å². The average molecular weight is 251 g/mol. The van der Waals surface area contributed by atoms with Gasteiger partial charge in [0, 0.05) is 18.8 Å². The van der Waals surface area contributed by atoms with E-state index in [1.54, 1.807) is 0 Å². The molecule has 18 heavy (non-hydrogen) atoms. The Morgan fingerprint density at radius 1 is 1.33 bits per heavy atom. The largest absolute Gasteiger partial charge is 0.314 e. The maximum absolute atomic E-state index is 4.51. The highest BCUT2D eigenvalue weighted by Gasteiger charge is 2.23. The molecule has 1 atom stereocenters. The van der Waals surface area contributed by atoms with Crippen LogP contribution in [0.5, 0.6) is 0 Å². The van der Waals surface area contributed by atoms with E-state index in [1.165, 1.54) is 17.8 Å². The van der Waals surface area contributed by atoms with Gasteiger partial charge in [-0.2, -0.15) is 5.10 Å². The van der Waals surface area contributed by atoms with Gasteiger partial charge in [-0.25, -0.2) is 0 Å². The Morgan fingerprint density at radius 3 is 2.44 bits per heavy atom. The maximum atomic E-state index is 4.51. The molecule has 0 amide bonds. The number of aromatic nitrogens is 2. The average Bonchev–Trinajstić information content (AvgIpc) is 2.64. The molecule has 0 saturated carbocycles. The number of hydrogen-bond donors (Lipinski definition) is 1. The first-order chi connectivity index (χ1) is 8.38. The third-order valence-electron chi connectivity index (χ3n) is 3.57. The zero-order valence-corrected chi connectivity index (χ0v) is 12.9. The number of aryl methyl sites for hydroxylation is 3. The fraction of sp³-hybridized carbons (Fsp3) is 0.800. The van der Waals surface area contributed by atoms with Crippen molar-refractivity contribution in [2.24, 2.45) is 12.5 Å². The van der Waals surface area contributed by atoms with Gasteiger partial charge in [-0.15, -0.1) is 0 Å². The predicted octanol–water partition coefficient (Wildman–Crippen LogP) is 2.94. The number of rotatable bonds is 6. The molecule has 0 spiro atoms. The molecule has 3 heteroatoms. The third-order valence-corrected chi connectivity index (χ3v) is 3.57. The molecule has 0 saturated heterocycles. The lowest BCUT2D eigenvalue weighted by molar-refractivity contribution is 0.257. The van der Waals surface area contributed by atoms with E-state index in [0.717, 1.165) is 19.4 Å². The molecule has 1 N–H and O–H groups in total. The Labute approximate surface area is 112 Å². The van der Waals surface area contributed by atoms with E-state index >= 15 is 0 Å². The van der Waals surface area contributed by atoms with Crippen LogP contribution in [0.15, 0.2) is 6.07 Å². The highest BCUT2D eigenvalue weighted by atomic mass is 15.3. The van der Waals surface area contributed by atoms with Crippen molar-refractivity contribution in [3.8, 4) is 0 Å². The van der Waals surface area contributed by atoms with E-state index in [1.807, 2.05) is 11.7 Å². The normalized spacial score (nSPS) is 13.9. The molecule has 0 aliphatic heterocycles. The van der Waals surface area contributed by atoms with Crippen molar-refractivity contribution >= 4 is 0 Å². The summed E-state index contributed by atoms with van der Waals surface area (Å²) in [6, 6.07) is 2.80. The summed E-state index contributed by atoms with van der Waals surface area (Å²) in [6.45, 7) is 12.3. The van der Waals surface area contributed by atoms with Crippen molar-refractivity contribution in [3.63, 3.8) is 0 Å². The first-order valence-electron chi connectivity index (χ1n) is 7.13. The molecule has 0 aliphatic rings. The van der Waals surface area contributed by atoms with Crippen LogP contribution in [-0.4, -0.2) is 22.4 Å². The summed E-state index contributed by atoms with van der Waals surface area (Å²) < 4.78 is 2.03. The Balaban J connectivity index is 2.63. The van der Waals surface area contributed by atoms with Crippen molar-refractivity contribution in [2.75, 3.05) is 6.54 Å². The second-order valence-electron chi connectivity index (χ2n) is 6.12. The van der Waals surface area contributed by atoms with Crippen LogP contribution in [0.4, 0.5) is 0 Å². The Hall–Kier alpha value is -0.830. The third kappa shape index (κ3) is 4.13. The van der Waals surface area contributed by atoms with Gasteiger partial charge in [0.2, 0.25) is 0 Å². The molecule has 104 valence electrons. The molecule has 0 aromatic carbocycles. The lowest BCUT2D eigenvalue weighted by atomic mass is 9.83. The second kappa shape index (κ2) is 6.37. The summed E-state index contributed by atoms with van der Waals surface area (Å²) in [7, 11) is 2.05. The predicted molar refractivity (Wildman–Crippen MR) is 77.8 cm³/mol. The lowest BCUT2D eigenvalue weighted by Gasteiger charge is -2.31. The van der Waals surface area contributed by atoms with E-state index in [4.69, 9.17) is 0 Å². The Morgan fingerprint density at radius 2 is 2.00 bits per heavy atom. The minimum Gasteiger partial charge on any atom is -0.314 e. The van der Waals surface area contributed by atoms with Gasteiger partial charge < -0.3 is 5.32 Å². The highest BCUT2D eigenvalue weighted by Crippen LogP contribution is 2.23. The first kappa shape index (κ1) is 15.2. The fourth-order valence-electron chi connectivity index (χ4n) is 2.36. The van der Waals surface area contributed by atoms with Crippen LogP contribution in [0.3, 0.4) is 0 Å². The maximum Gasteiger partial charge on any atom is 0.0624 e. The monoisotopic (exact) mass is 251 g/mol. The summed E-state index contributed by atoms with van der Waals surface area (Å²) in [5, 5.41) is 8.11. The Kier molecular flexibility index (Phi) is 5.39. The Bertz CT molecular complexity index is 360. The zero-order valence-electron chi connectivity index (χ0n) is 12.9. The minimum atomic E-state index is 0.308. The molecule has 0 radical (unpaired) electrons. The van der Waals surface area contributed by atoms with Gasteiger partial charge in [0.25, 0.3) is 0 Å². The van der Waals surface area contributed by atoms with Gasteiger partial charge in [0.15, 0.2) is 0 Å². The molecule has 1 aromatic heterocycles. The van der Waals surface area contributed by atoms with Crippen molar-refractivity contribution in [3.05, 3.63) is 17.5 Å². The van der Waals surface area contributed by atoms with Crippen molar-refractivity contribution in [1.29, 1.82) is 0 Å². The van der Waals surface area contributed by atoms with Gasteiger partial charge in [0.05, 0.1) is 5.69 Å². The summed E-state index contributed by atoms with van der Waals surface area (Å²) in [4.78, 5) is 0. The van der Waals surface area contributed by atoms with Gasteiger partial charge in [-0.3, -0.25) is 4.68 Å². The smallest absolute Gasteiger partial charge is 0.0624 e. The van der Waals surface area contributed by atoms with Crippen LogP contribution >= 0.6 is 0 Å².